The molecular formula is C22H25N5O2. The van der Waals surface area contributed by atoms with Crippen LogP contribution in [0.4, 0.5) is 5.82 Å². The molecule has 1 saturated carbocycles. The second-order valence-electron chi connectivity index (χ2n) is 7.76. The Morgan fingerprint density at radius 3 is 2.72 bits per heavy atom. The first-order valence-corrected chi connectivity index (χ1v) is 10.4. The summed E-state index contributed by atoms with van der Waals surface area (Å²) in [5.41, 5.74) is 2.03. The number of fused-ring (bicyclic) bond motifs is 1. The number of nitrogens with zero attached hydrogens (tertiary/aromatic N) is 5. The van der Waals surface area contributed by atoms with Crippen LogP contribution in [0, 0.1) is 0 Å². The van der Waals surface area contributed by atoms with Crippen LogP contribution in [0.15, 0.2) is 42.7 Å². The van der Waals surface area contributed by atoms with Gasteiger partial charge in [-0.05, 0) is 37.5 Å². The largest absolute Gasteiger partial charge is 0.507 e. The van der Waals surface area contributed by atoms with Gasteiger partial charge in [0, 0.05) is 42.7 Å². The summed E-state index contributed by atoms with van der Waals surface area (Å²) in [5, 5.41) is 23.8. The average molecular weight is 391 g/mol. The van der Waals surface area contributed by atoms with E-state index in [0.29, 0.717) is 23.9 Å². The van der Waals surface area contributed by atoms with E-state index in [2.05, 4.69) is 20.2 Å². The lowest BCUT2D eigenvalue weighted by molar-refractivity contribution is 0.320. The minimum atomic E-state index is 0.144. The highest BCUT2D eigenvalue weighted by molar-refractivity contribution is 5.71. The topological polar surface area (TPSA) is 76.3 Å². The number of aromatic nitrogens is 4. The van der Waals surface area contributed by atoms with Gasteiger partial charge in [0.1, 0.15) is 11.4 Å². The molecule has 0 atom stereocenters. The average Bonchev–Trinajstić information content (AvgIpc) is 3.21. The van der Waals surface area contributed by atoms with E-state index < -0.39 is 0 Å². The number of phenols is 1. The van der Waals surface area contributed by atoms with Gasteiger partial charge < -0.3 is 14.7 Å². The van der Waals surface area contributed by atoms with Crippen molar-refractivity contribution in [1.82, 2.24) is 20.0 Å². The van der Waals surface area contributed by atoms with Crippen molar-refractivity contribution in [3.63, 3.8) is 0 Å². The molecule has 1 aromatic carbocycles. The number of phenolic OH excluding ortho intramolecular Hbond substituents is 1. The Balaban J connectivity index is 1.47. The van der Waals surface area contributed by atoms with Crippen LogP contribution in [0.5, 0.6) is 11.5 Å². The van der Waals surface area contributed by atoms with Gasteiger partial charge in [-0.15, -0.1) is 10.2 Å². The van der Waals surface area contributed by atoms with E-state index in [1.165, 1.54) is 32.1 Å². The molecule has 150 valence electrons. The lowest BCUT2D eigenvalue weighted by Crippen LogP contribution is -2.38. The maximum atomic E-state index is 10.6. The Labute approximate surface area is 170 Å². The third kappa shape index (κ3) is 3.52. The molecule has 0 saturated heterocycles. The highest BCUT2D eigenvalue weighted by atomic mass is 16.5. The summed E-state index contributed by atoms with van der Waals surface area (Å²) < 4.78 is 7.72. The number of benzene rings is 1. The first-order chi connectivity index (χ1) is 14.3. The Kier molecular flexibility index (Phi) is 4.79. The molecule has 5 rings (SSSR count). The van der Waals surface area contributed by atoms with Crippen molar-refractivity contribution < 1.29 is 9.84 Å². The maximum absolute atomic E-state index is 10.6. The van der Waals surface area contributed by atoms with E-state index in [0.717, 1.165) is 30.2 Å². The molecule has 7 heteroatoms. The van der Waals surface area contributed by atoms with Crippen molar-refractivity contribution in [3.8, 4) is 28.4 Å². The molecule has 7 nitrogen and oxygen atoms in total. The van der Waals surface area contributed by atoms with E-state index in [1.54, 1.807) is 16.9 Å². The number of rotatable bonds is 3. The van der Waals surface area contributed by atoms with E-state index in [1.807, 2.05) is 30.5 Å². The van der Waals surface area contributed by atoms with Crippen LogP contribution < -0.4 is 9.64 Å². The number of hydrogen-bond donors (Lipinski definition) is 1. The standard InChI is InChI=1S/C22H25N5O2/c28-20-14-17(27-12-4-10-23-27)8-9-18(20)19-15-21-22(25-24-19)26(11-5-13-29-21)16-6-2-1-3-7-16/h4,8-10,12,14-16,28H,1-3,5-7,11,13H2. The molecule has 0 radical (unpaired) electrons. The van der Waals surface area contributed by atoms with Crippen molar-refractivity contribution in [1.29, 1.82) is 0 Å². The molecule has 1 N–H and O–H groups in total. The summed E-state index contributed by atoms with van der Waals surface area (Å²) in [7, 11) is 0. The predicted molar refractivity (Wildman–Crippen MR) is 111 cm³/mol. The zero-order valence-corrected chi connectivity index (χ0v) is 16.4. The summed E-state index contributed by atoms with van der Waals surface area (Å²) in [5.74, 6) is 1.74. The summed E-state index contributed by atoms with van der Waals surface area (Å²) in [6.07, 6.45) is 10.8. The number of anilines is 1. The SMILES string of the molecule is Oc1cc(-n2cccn2)ccc1-c1cc2c(nn1)N(C1CCCCC1)CCCO2. The first kappa shape index (κ1) is 18.0. The van der Waals surface area contributed by atoms with Gasteiger partial charge >= 0.3 is 0 Å². The first-order valence-electron chi connectivity index (χ1n) is 10.4. The molecule has 0 unspecified atom stereocenters. The van der Waals surface area contributed by atoms with Crippen LogP contribution in [0.2, 0.25) is 0 Å². The summed E-state index contributed by atoms with van der Waals surface area (Å²) in [6.45, 7) is 1.63. The molecule has 1 aliphatic carbocycles. The van der Waals surface area contributed by atoms with Gasteiger partial charge in [-0.1, -0.05) is 19.3 Å². The van der Waals surface area contributed by atoms with Gasteiger partial charge in [-0.25, -0.2) is 4.68 Å². The molecule has 1 aliphatic heterocycles. The minimum Gasteiger partial charge on any atom is -0.507 e. The molecule has 29 heavy (non-hydrogen) atoms. The highest BCUT2D eigenvalue weighted by Gasteiger charge is 2.27. The van der Waals surface area contributed by atoms with Gasteiger partial charge in [0.05, 0.1) is 12.3 Å². The fourth-order valence-electron chi connectivity index (χ4n) is 4.38. The second-order valence-corrected chi connectivity index (χ2v) is 7.76. The molecule has 3 aromatic rings. The minimum absolute atomic E-state index is 0.144. The van der Waals surface area contributed by atoms with Gasteiger partial charge in [-0.3, -0.25) is 0 Å². The van der Waals surface area contributed by atoms with Crippen LogP contribution in [0.1, 0.15) is 38.5 Å². The molecule has 2 aromatic heterocycles. The molecule has 2 aliphatic rings. The van der Waals surface area contributed by atoms with Crippen molar-refractivity contribution in [2.75, 3.05) is 18.1 Å². The zero-order chi connectivity index (χ0) is 19.6. The van der Waals surface area contributed by atoms with Crippen molar-refractivity contribution in [3.05, 3.63) is 42.7 Å². The van der Waals surface area contributed by atoms with E-state index in [-0.39, 0.29) is 5.75 Å². The fraction of sp³-hybridized carbons (Fsp3) is 0.409. The van der Waals surface area contributed by atoms with E-state index in [9.17, 15) is 5.11 Å². The Hall–Kier alpha value is -3.09. The lowest BCUT2D eigenvalue weighted by Gasteiger charge is -2.34. The van der Waals surface area contributed by atoms with Crippen molar-refractivity contribution >= 4 is 5.82 Å². The maximum Gasteiger partial charge on any atom is 0.194 e. The molecule has 0 spiro atoms. The number of aromatic hydroxyl groups is 1. The van der Waals surface area contributed by atoms with E-state index >= 15 is 0 Å². The second kappa shape index (κ2) is 7.73. The summed E-state index contributed by atoms with van der Waals surface area (Å²) >= 11 is 0. The lowest BCUT2D eigenvalue weighted by atomic mass is 9.94. The van der Waals surface area contributed by atoms with Crippen molar-refractivity contribution in [2.45, 2.75) is 44.6 Å². The normalized spacial score (nSPS) is 17.4. The van der Waals surface area contributed by atoms with Crippen LogP contribution in [0.25, 0.3) is 16.9 Å². The smallest absolute Gasteiger partial charge is 0.194 e. The third-order valence-electron chi connectivity index (χ3n) is 5.86. The Morgan fingerprint density at radius 2 is 1.93 bits per heavy atom. The number of hydrogen-bond acceptors (Lipinski definition) is 6. The Morgan fingerprint density at radius 1 is 1.03 bits per heavy atom. The van der Waals surface area contributed by atoms with Crippen LogP contribution in [-0.2, 0) is 0 Å². The van der Waals surface area contributed by atoms with Crippen LogP contribution >= 0.6 is 0 Å². The van der Waals surface area contributed by atoms with Gasteiger partial charge in [0.25, 0.3) is 0 Å². The predicted octanol–water partition coefficient (Wildman–Crippen LogP) is 3.96. The number of ether oxygens (including phenoxy) is 1. The molecular weight excluding hydrogens is 366 g/mol. The molecule has 1 fully saturated rings. The van der Waals surface area contributed by atoms with Gasteiger partial charge in [0.15, 0.2) is 11.6 Å². The third-order valence-corrected chi connectivity index (χ3v) is 5.86. The Bertz CT molecular complexity index is 983. The van der Waals surface area contributed by atoms with Gasteiger partial charge in [-0.2, -0.15) is 5.10 Å². The summed E-state index contributed by atoms with van der Waals surface area (Å²) in [4.78, 5) is 2.39. The van der Waals surface area contributed by atoms with E-state index in [4.69, 9.17) is 4.74 Å². The highest BCUT2D eigenvalue weighted by Crippen LogP contribution is 2.37. The van der Waals surface area contributed by atoms with Crippen molar-refractivity contribution in [2.24, 2.45) is 0 Å². The van der Waals surface area contributed by atoms with Crippen LogP contribution in [-0.4, -0.2) is 44.3 Å². The summed E-state index contributed by atoms with van der Waals surface area (Å²) in [6, 6.07) is 9.71. The monoisotopic (exact) mass is 391 g/mol. The zero-order valence-electron chi connectivity index (χ0n) is 16.4. The molecule has 0 bridgehead atoms. The van der Waals surface area contributed by atoms with Gasteiger partial charge in [0.2, 0.25) is 0 Å². The quantitative estimate of drug-likeness (QED) is 0.728. The molecule has 0 amide bonds. The van der Waals surface area contributed by atoms with Crippen LogP contribution in [0.3, 0.4) is 0 Å². The fourth-order valence-corrected chi connectivity index (χ4v) is 4.38. The molecule has 3 heterocycles.